The normalized spacial score (nSPS) is 9.11. The first-order chi connectivity index (χ1) is 8.47. The molecule has 1 rings (SSSR count). The smallest absolute Gasteiger partial charge is 0.348 e. The molecular formula is C11H16N2O5. The lowest BCUT2D eigenvalue weighted by atomic mass is 10.2. The first kappa shape index (κ1) is 15.8. The lowest BCUT2D eigenvalue weighted by Crippen LogP contribution is -2.19. The van der Waals surface area contributed by atoms with E-state index in [0.29, 0.717) is 5.69 Å². The number of aryl methyl sites for hydroxylation is 1. The molecule has 0 spiro atoms. The Morgan fingerprint density at radius 1 is 1.50 bits per heavy atom. The fraction of sp³-hybridized carbons (Fsp3) is 0.455. The molecule has 0 saturated heterocycles. The topological polar surface area (TPSA) is 102 Å². The maximum atomic E-state index is 11.4. The zero-order valence-corrected chi connectivity index (χ0v) is 10.8. The summed E-state index contributed by atoms with van der Waals surface area (Å²) in [5.74, 6) is -0.872. The van der Waals surface area contributed by atoms with Gasteiger partial charge in [-0.2, -0.15) is 0 Å². The molecule has 0 bridgehead atoms. The molecule has 0 fully saturated rings. The van der Waals surface area contributed by atoms with E-state index in [2.05, 4.69) is 9.72 Å². The van der Waals surface area contributed by atoms with Gasteiger partial charge in [0, 0.05) is 5.69 Å². The molecule has 7 heteroatoms. The molecule has 0 radical (unpaired) electrons. The molecule has 1 aromatic heterocycles. The fourth-order valence-electron chi connectivity index (χ4n) is 1.23. The predicted molar refractivity (Wildman–Crippen MR) is 65.8 cm³/mol. The number of nitro groups is 1. The van der Waals surface area contributed by atoms with Crippen molar-refractivity contribution < 1.29 is 14.5 Å². The van der Waals surface area contributed by atoms with Gasteiger partial charge in [0.25, 0.3) is 0 Å². The van der Waals surface area contributed by atoms with Crippen LogP contribution in [0, 0.1) is 17.0 Å². The van der Waals surface area contributed by atoms with Gasteiger partial charge in [0.2, 0.25) is 0 Å². The predicted octanol–water partition coefficient (Wildman–Crippen LogP) is 1.79. The lowest BCUT2D eigenvalue weighted by Gasteiger charge is -2.03. The van der Waals surface area contributed by atoms with E-state index in [-0.39, 0.29) is 12.2 Å². The zero-order chi connectivity index (χ0) is 14.3. The second-order valence-corrected chi connectivity index (χ2v) is 3.02. The summed E-state index contributed by atoms with van der Waals surface area (Å²) >= 11 is 0. The van der Waals surface area contributed by atoms with E-state index in [1.54, 1.807) is 6.92 Å². The number of aromatic nitrogens is 1. The van der Waals surface area contributed by atoms with E-state index in [1.165, 1.54) is 13.0 Å². The largest absolute Gasteiger partial charge is 0.462 e. The van der Waals surface area contributed by atoms with Crippen molar-refractivity contribution in [3.63, 3.8) is 0 Å². The molecule has 0 aliphatic heterocycles. The number of nitrogens with one attached hydrogen (secondary N) is 1. The van der Waals surface area contributed by atoms with Crippen LogP contribution in [0.3, 0.4) is 0 Å². The monoisotopic (exact) mass is 256 g/mol. The lowest BCUT2D eigenvalue weighted by molar-refractivity contribution is -0.386. The molecule has 0 unspecified atom stereocenters. The number of carbonyl (C=O) groups is 1. The molecule has 0 aliphatic carbocycles. The molecular weight excluding hydrogens is 240 g/mol. The van der Waals surface area contributed by atoms with Gasteiger partial charge in [-0.25, -0.2) is 4.79 Å². The Kier molecular flexibility index (Phi) is 6.33. The Labute approximate surface area is 104 Å². The molecule has 1 aromatic rings. The van der Waals surface area contributed by atoms with Crippen LogP contribution in [0.4, 0.5) is 5.69 Å². The summed E-state index contributed by atoms with van der Waals surface area (Å²) in [5.41, 5.74) is -1.66. The first-order valence-corrected chi connectivity index (χ1v) is 5.52. The average Bonchev–Trinajstić information content (AvgIpc) is 2.30. The van der Waals surface area contributed by atoms with Crippen LogP contribution in [-0.2, 0) is 4.74 Å². The minimum Gasteiger partial charge on any atom is -0.462 e. The van der Waals surface area contributed by atoms with Crippen LogP contribution in [0.25, 0.3) is 0 Å². The van der Waals surface area contributed by atoms with Crippen molar-refractivity contribution in [3.8, 4) is 0 Å². The Morgan fingerprint density at radius 2 is 2.06 bits per heavy atom. The van der Waals surface area contributed by atoms with Crippen molar-refractivity contribution in [3.05, 3.63) is 37.8 Å². The van der Waals surface area contributed by atoms with Crippen molar-refractivity contribution >= 4 is 11.7 Å². The van der Waals surface area contributed by atoms with Crippen molar-refractivity contribution in [1.29, 1.82) is 0 Å². The molecule has 18 heavy (non-hydrogen) atoms. The summed E-state index contributed by atoms with van der Waals surface area (Å²) in [4.78, 5) is 34.7. The van der Waals surface area contributed by atoms with Crippen molar-refractivity contribution in [1.82, 2.24) is 4.98 Å². The third-order valence-electron chi connectivity index (χ3n) is 1.82. The molecule has 100 valence electrons. The van der Waals surface area contributed by atoms with E-state index in [4.69, 9.17) is 0 Å². The third kappa shape index (κ3) is 3.69. The zero-order valence-electron chi connectivity index (χ0n) is 10.8. The van der Waals surface area contributed by atoms with Crippen molar-refractivity contribution in [2.24, 2.45) is 0 Å². The summed E-state index contributed by atoms with van der Waals surface area (Å²) in [6, 6.07) is 1.22. The third-order valence-corrected chi connectivity index (χ3v) is 1.82. The van der Waals surface area contributed by atoms with Gasteiger partial charge in [-0.3, -0.25) is 14.9 Å². The summed E-state index contributed by atoms with van der Waals surface area (Å²) < 4.78 is 4.63. The van der Waals surface area contributed by atoms with Gasteiger partial charge in [0.15, 0.2) is 0 Å². The second kappa shape index (κ2) is 7.21. The Balaban J connectivity index is 0.00000137. The summed E-state index contributed by atoms with van der Waals surface area (Å²) in [6.07, 6.45) is 0. The van der Waals surface area contributed by atoms with Crippen LogP contribution in [0.15, 0.2) is 10.9 Å². The van der Waals surface area contributed by atoms with Gasteiger partial charge in [-0.1, -0.05) is 13.8 Å². The van der Waals surface area contributed by atoms with Gasteiger partial charge >= 0.3 is 17.2 Å². The van der Waals surface area contributed by atoms with E-state index in [0.717, 1.165) is 0 Å². The molecule has 0 amide bonds. The number of carbonyl (C=O) groups excluding carboxylic acids is 1. The quantitative estimate of drug-likeness (QED) is 0.504. The molecule has 1 heterocycles. The van der Waals surface area contributed by atoms with Crippen LogP contribution in [0.2, 0.25) is 0 Å². The highest BCUT2D eigenvalue weighted by molar-refractivity contribution is 5.93. The Hall–Kier alpha value is -2.18. The van der Waals surface area contributed by atoms with Crippen LogP contribution in [0.5, 0.6) is 0 Å². The standard InChI is InChI=1S/C9H10N2O5.C2H6/c1-3-16-9(13)6-4-5(2)10-8(12)7(6)11(14)15;1-2/h4H,3H2,1-2H3,(H,10,12);1-2H3. The molecule has 0 aliphatic rings. The van der Waals surface area contributed by atoms with Crippen LogP contribution < -0.4 is 5.56 Å². The maximum Gasteiger partial charge on any atom is 0.348 e. The van der Waals surface area contributed by atoms with Gasteiger partial charge < -0.3 is 9.72 Å². The number of hydrogen-bond donors (Lipinski definition) is 1. The number of H-pyrrole nitrogens is 1. The van der Waals surface area contributed by atoms with Crippen molar-refractivity contribution in [2.75, 3.05) is 6.61 Å². The summed E-state index contributed by atoms with van der Waals surface area (Å²) in [5, 5.41) is 10.6. The molecule has 0 atom stereocenters. The number of rotatable bonds is 3. The number of hydrogen-bond acceptors (Lipinski definition) is 5. The summed E-state index contributed by atoms with van der Waals surface area (Å²) in [6.45, 7) is 7.18. The van der Waals surface area contributed by atoms with Crippen LogP contribution in [-0.4, -0.2) is 22.5 Å². The highest BCUT2D eigenvalue weighted by atomic mass is 16.6. The van der Waals surface area contributed by atoms with Gasteiger partial charge in [-0.15, -0.1) is 0 Å². The van der Waals surface area contributed by atoms with Gasteiger partial charge in [0.05, 0.1) is 11.5 Å². The minimum atomic E-state index is -0.909. The minimum absolute atomic E-state index is 0.0852. The molecule has 7 nitrogen and oxygen atoms in total. The van der Waals surface area contributed by atoms with E-state index in [1.807, 2.05) is 13.8 Å². The molecule has 0 aromatic carbocycles. The number of esters is 1. The van der Waals surface area contributed by atoms with E-state index < -0.39 is 22.1 Å². The molecule has 1 N–H and O–H groups in total. The number of nitrogens with zero attached hydrogens (tertiary/aromatic N) is 1. The Bertz CT molecular complexity index is 493. The highest BCUT2D eigenvalue weighted by Crippen LogP contribution is 2.14. The maximum absolute atomic E-state index is 11.4. The highest BCUT2D eigenvalue weighted by Gasteiger charge is 2.25. The van der Waals surface area contributed by atoms with Crippen molar-refractivity contribution in [2.45, 2.75) is 27.7 Å². The van der Waals surface area contributed by atoms with E-state index in [9.17, 15) is 19.7 Å². The van der Waals surface area contributed by atoms with E-state index >= 15 is 0 Å². The molecule has 0 saturated carbocycles. The van der Waals surface area contributed by atoms with Gasteiger partial charge in [-0.05, 0) is 19.9 Å². The Morgan fingerprint density at radius 3 is 2.50 bits per heavy atom. The van der Waals surface area contributed by atoms with Gasteiger partial charge in [0.1, 0.15) is 5.56 Å². The fourth-order valence-corrected chi connectivity index (χ4v) is 1.23. The number of aromatic amines is 1. The second-order valence-electron chi connectivity index (χ2n) is 3.02. The number of ether oxygens (including phenoxy) is 1. The first-order valence-electron chi connectivity index (χ1n) is 5.52. The number of pyridine rings is 1. The average molecular weight is 256 g/mol. The van der Waals surface area contributed by atoms with Crippen LogP contribution >= 0.6 is 0 Å². The SMILES string of the molecule is CC.CCOC(=O)c1cc(C)[nH]c(=O)c1[N+](=O)[O-]. The summed E-state index contributed by atoms with van der Waals surface area (Å²) in [7, 11) is 0. The van der Waals surface area contributed by atoms with Crippen LogP contribution in [0.1, 0.15) is 36.8 Å².